The summed E-state index contributed by atoms with van der Waals surface area (Å²) in [5, 5.41) is 14.2. The van der Waals surface area contributed by atoms with Crippen molar-refractivity contribution in [3.63, 3.8) is 0 Å². The van der Waals surface area contributed by atoms with Crippen LogP contribution in [0.4, 0.5) is 24.7 Å². The SMILES string of the molecule is Nc1c([N+](=O)[O-])cnn1-c1cccc(C(F)(F)F)c1. The van der Waals surface area contributed by atoms with Gasteiger partial charge in [-0.1, -0.05) is 6.07 Å². The molecule has 0 bridgehead atoms. The van der Waals surface area contributed by atoms with Crippen molar-refractivity contribution < 1.29 is 18.1 Å². The van der Waals surface area contributed by atoms with Crippen molar-refractivity contribution in [3.05, 3.63) is 46.1 Å². The van der Waals surface area contributed by atoms with Gasteiger partial charge in [0.2, 0.25) is 5.82 Å². The number of aromatic nitrogens is 2. The average molecular weight is 272 g/mol. The molecule has 0 amide bonds. The van der Waals surface area contributed by atoms with Gasteiger partial charge >= 0.3 is 11.9 Å². The Morgan fingerprint density at radius 3 is 2.58 bits per heavy atom. The van der Waals surface area contributed by atoms with Crippen molar-refractivity contribution in [2.75, 3.05) is 5.73 Å². The Balaban J connectivity index is 2.51. The first-order valence-electron chi connectivity index (χ1n) is 4.96. The maximum atomic E-state index is 12.5. The zero-order valence-electron chi connectivity index (χ0n) is 9.26. The van der Waals surface area contributed by atoms with Gasteiger partial charge in [-0.25, -0.2) is 4.68 Å². The molecule has 100 valence electrons. The number of nitro groups is 1. The number of hydrogen-bond donors (Lipinski definition) is 1. The monoisotopic (exact) mass is 272 g/mol. The number of nitrogen functional groups attached to an aromatic ring is 1. The lowest BCUT2D eigenvalue weighted by Crippen LogP contribution is -2.08. The van der Waals surface area contributed by atoms with Crippen molar-refractivity contribution in [1.29, 1.82) is 0 Å². The summed E-state index contributed by atoms with van der Waals surface area (Å²) in [5.74, 6) is -0.329. The van der Waals surface area contributed by atoms with E-state index < -0.39 is 22.4 Å². The fraction of sp³-hybridized carbons (Fsp3) is 0.100. The number of halogens is 3. The van der Waals surface area contributed by atoms with Crippen LogP contribution in [-0.4, -0.2) is 14.7 Å². The summed E-state index contributed by atoms with van der Waals surface area (Å²) in [6.07, 6.45) is -3.63. The number of hydrogen-bond acceptors (Lipinski definition) is 4. The standard InChI is InChI=1S/C10H7F3N4O2/c11-10(12,13)6-2-1-3-7(4-6)16-9(14)8(5-15-16)17(18)19/h1-5H,14H2. The molecule has 6 nitrogen and oxygen atoms in total. The summed E-state index contributed by atoms with van der Waals surface area (Å²) in [4.78, 5) is 9.83. The molecule has 0 saturated carbocycles. The zero-order valence-corrected chi connectivity index (χ0v) is 9.26. The second-order valence-electron chi connectivity index (χ2n) is 3.63. The summed E-state index contributed by atoms with van der Waals surface area (Å²) in [7, 11) is 0. The lowest BCUT2D eigenvalue weighted by Gasteiger charge is -2.09. The minimum absolute atomic E-state index is 0.000394. The number of rotatable bonds is 2. The Kier molecular flexibility index (Phi) is 2.89. The molecule has 1 heterocycles. The van der Waals surface area contributed by atoms with E-state index in [1.165, 1.54) is 12.1 Å². The second-order valence-corrected chi connectivity index (χ2v) is 3.63. The predicted octanol–water partition coefficient (Wildman–Crippen LogP) is 2.38. The van der Waals surface area contributed by atoms with Crippen molar-refractivity contribution >= 4 is 11.5 Å². The highest BCUT2D eigenvalue weighted by Gasteiger charge is 2.31. The maximum absolute atomic E-state index is 12.5. The van der Waals surface area contributed by atoms with E-state index in [9.17, 15) is 23.3 Å². The molecule has 0 aliphatic rings. The van der Waals surface area contributed by atoms with Crippen LogP contribution in [0.25, 0.3) is 5.69 Å². The molecular weight excluding hydrogens is 265 g/mol. The largest absolute Gasteiger partial charge is 0.416 e. The van der Waals surface area contributed by atoms with Gasteiger partial charge in [0, 0.05) is 0 Å². The highest BCUT2D eigenvalue weighted by molar-refractivity contribution is 5.56. The van der Waals surface area contributed by atoms with Crippen LogP contribution < -0.4 is 5.73 Å². The molecule has 19 heavy (non-hydrogen) atoms. The summed E-state index contributed by atoms with van der Waals surface area (Å²) >= 11 is 0. The number of benzene rings is 1. The van der Waals surface area contributed by atoms with E-state index in [-0.39, 0.29) is 11.5 Å². The molecule has 0 aliphatic carbocycles. The lowest BCUT2D eigenvalue weighted by atomic mass is 10.2. The molecule has 0 saturated heterocycles. The molecule has 1 aromatic heterocycles. The van der Waals surface area contributed by atoms with E-state index in [1.54, 1.807) is 0 Å². The van der Waals surface area contributed by atoms with Crippen LogP contribution >= 0.6 is 0 Å². The van der Waals surface area contributed by atoms with Crippen molar-refractivity contribution in [1.82, 2.24) is 9.78 Å². The van der Waals surface area contributed by atoms with Gasteiger partial charge in [0.25, 0.3) is 0 Å². The van der Waals surface area contributed by atoms with Crippen LogP contribution in [0.3, 0.4) is 0 Å². The van der Waals surface area contributed by atoms with Crippen LogP contribution in [0.1, 0.15) is 5.56 Å². The summed E-state index contributed by atoms with van der Waals surface area (Å²) < 4.78 is 38.5. The molecule has 2 N–H and O–H groups in total. The summed E-state index contributed by atoms with van der Waals surface area (Å²) in [6, 6.07) is 4.19. The van der Waals surface area contributed by atoms with Crippen LogP contribution in [0, 0.1) is 10.1 Å². The van der Waals surface area contributed by atoms with Crippen LogP contribution in [0.2, 0.25) is 0 Å². The first-order chi connectivity index (χ1) is 8.80. The fourth-order valence-corrected chi connectivity index (χ4v) is 1.51. The van der Waals surface area contributed by atoms with Gasteiger partial charge in [0.05, 0.1) is 16.2 Å². The summed E-state index contributed by atoms with van der Waals surface area (Å²) in [6.45, 7) is 0. The first kappa shape index (κ1) is 12.9. The molecule has 0 fully saturated rings. The highest BCUT2D eigenvalue weighted by atomic mass is 19.4. The Bertz CT molecular complexity index is 636. The molecule has 0 spiro atoms. The molecule has 0 aliphatic heterocycles. The van der Waals surface area contributed by atoms with Crippen LogP contribution in [-0.2, 0) is 6.18 Å². The Morgan fingerprint density at radius 1 is 1.37 bits per heavy atom. The van der Waals surface area contributed by atoms with Crippen molar-refractivity contribution in [2.24, 2.45) is 0 Å². The molecule has 9 heteroatoms. The molecule has 0 atom stereocenters. The minimum Gasteiger partial charge on any atom is -0.378 e. The number of nitrogens with zero attached hydrogens (tertiary/aromatic N) is 3. The third-order valence-corrected chi connectivity index (χ3v) is 2.40. The zero-order chi connectivity index (χ0) is 14.2. The van der Waals surface area contributed by atoms with E-state index in [0.29, 0.717) is 0 Å². The molecule has 2 aromatic rings. The van der Waals surface area contributed by atoms with E-state index in [4.69, 9.17) is 5.73 Å². The molecule has 0 unspecified atom stereocenters. The highest BCUT2D eigenvalue weighted by Crippen LogP contribution is 2.31. The van der Waals surface area contributed by atoms with E-state index >= 15 is 0 Å². The van der Waals surface area contributed by atoms with E-state index in [1.807, 2.05) is 0 Å². The smallest absolute Gasteiger partial charge is 0.378 e. The molecule has 0 radical (unpaired) electrons. The van der Waals surface area contributed by atoms with Crippen LogP contribution in [0.15, 0.2) is 30.5 Å². The van der Waals surface area contributed by atoms with Crippen molar-refractivity contribution in [3.8, 4) is 5.69 Å². The Labute approximate surface area is 104 Å². The first-order valence-corrected chi connectivity index (χ1v) is 4.96. The van der Waals surface area contributed by atoms with Gasteiger partial charge in [-0.15, -0.1) is 0 Å². The van der Waals surface area contributed by atoms with E-state index in [2.05, 4.69) is 5.10 Å². The second kappa shape index (κ2) is 4.26. The average Bonchev–Trinajstić information content (AvgIpc) is 2.70. The van der Waals surface area contributed by atoms with Crippen LogP contribution in [0.5, 0.6) is 0 Å². The summed E-state index contributed by atoms with van der Waals surface area (Å²) in [5.41, 5.74) is 4.13. The molecule has 1 aromatic carbocycles. The van der Waals surface area contributed by atoms with Gasteiger partial charge < -0.3 is 5.73 Å². The minimum atomic E-state index is -4.51. The van der Waals surface area contributed by atoms with Crippen molar-refractivity contribution in [2.45, 2.75) is 6.18 Å². The number of nitrogens with two attached hydrogens (primary N) is 1. The molecule has 2 rings (SSSR count). The van der Waals surface area contributed by atoms with Gasteiger partial charge in [-0.05, 0) is 18.2 Å². The third kappa shape index (κ3) is 2.34. The van der Waals surface area contributed by atoms with E-state index in [0.717, 1.165) is 23.0 Å². The predicted molar refractivity (Wildman–Crippen MR) is 59.6 cm³/mol. The number of alkyl halides is 3. The number of anilines is 1. The fourth-order valence-electron chi connectivity index (χ4n) is 1.51. The normalized spacial score (nSPS) is 11.5. The quantitative estimate of drug-likeness (QED) is 0.671. The Hall–Kier alpha value is -2.58. The van der Waals surface area contributed by atoms with Gasteiger partial charge in [-0.3, -0.25) is 10.1 Å². The molecular formula is C10H7F3N4O2. The third-order valence-electron chi connectivity index (χ3n) is 2.40. The van der Waals surface area contributed by atoms with Gasteiger partial charge in [0.15, 0.2) is 0 Å². The lowest BCUT2D eigenvalue weighted by molar-refractivity contribution is -0.383. The Morgan fingerprint density at radius 2 is 2.05 bits per heavy atom. The van der Waals surface area contributed by atoms with Gasteiger partial charge in [0.1, 0.15) is 6.20 Å². The van der Waals surface area contributed by atoms with Gasteiger partial charge in [-0.2, -0.15) is 18.3 Å². The maximum Gasteiger partial charge on any atom is 0.416 e. The topological polar surface area (TPSA) is 87.0 Å².